The van der Waals surface area contributed by atoms with E-state index in [9.17, 15) is 24.3 Å². The molecule has 2 aliphatic heterocycles. The van der Waals surface area contributed by atoms with Crippen LogP contribution in [0.25, 0.3) is 5.69 Å². The predicted molar refractivity (Wildman–Crippen MR) is 193 cm³/mol. The molecule has 1 saturated heterocycles. The lowest BCUT2D eigenvalue weighted by atomic mass is 9.75. The van der Waals surface area contributed by atoms with E-state index >= 15 is 0 Å². The van der Waals surface area contributed by atoms with Crippen molar-refractivity contribution in [1.82, 2.24) is 24.3 Å². The summed E-state index contributed by atoms with van der Waals surface area (Å²) in [5, 5.41) is 14.1. The molecule has 3 aromatic carbocycles. The first-order valence-electron chi connectivity index (χ1n) is 17.1. The first kappa shape index (κ1) is 35.0. The highest BCUT2D eigenvalue weighted by Gasteiger charge is 2.46. The number of hydrogen-bond acceptors (Lipinski definition) is 4. The van der Waals surface area contributed by atoms with Crippen LogP contribution in [-0.2, 0) is 29.5 Å². The van der Waals surface area contributed by atoms with Crippen molar-refractivity contribution in [3.8, 4) is 5.69 Å². The van der Waals surface area contributed by atoms with Crippen LogP contribution in [-0.4, -0.2) is 67.1 Å². The second-order valence-electron chi connectivity index (χ2n) is 14.5. The minimum atomic E-state index is -1.18. The molecule has 0 bridgehead atoms. The van der Waals surface area contributed by atoms with Crippen LogP contribution in [0.3, 0.4) is 0 Å². The third kappa shape index (κ3) is 7.07. The van der Waals surface area contributed by atoms with Gasteiger partial charge in [-0.05, 0) is 64.6 Å². The number of hydrogen-bond donors (Lipinski definition) is 2. The number of aryl methyl sites for hydroxylation is 1. The lowest BCUT2D eigenvalue weighted by Gasteiger charge is -2.46. The third-order valence-corrected chi connectivity index (χ3v) is 10.3. The van der Waals surface area contributed by atoms with Gasteiger partial charge in [0.15, 0.2) is 0 Å². The minimum Gasteiger partial charge on any atom is -0.465 e. The van der Waals surface area contributed by atoms with Gasteiger partial charge in [-0.2, -0.15) is 0 Å². The highest BCUT2D eigenvalue weighted by Crippen LogP contribution is 2.44. The zero-order valence-electron chi connectivity index (χ0n) is 28.9. The van der Waals surface area contributed by atoms with Crippen molar-refractivity contribution in [1.29, 1.82) is 0 Å². The Morgan fingerprint density at radius 1 is 0.920 bits per heavy atom. The van der Waals surface area contributed by atoms with Crippen LogP contribution in [0.5, 0.6) is 0 Å². The van der Waals surface area contributed by atoms with E-state index in [0.717, 1.165) is 27.9 Å². The van der Waals surface area contributed by atoms with Crippen LogP contribution in [0.15, 0.2) is 90.0 Å². The van der Waals surface area contributed by atoms with Gasteiger partial charge in [0.1, 0.15) is 12.1 Å². The lowest BCUT2D eigenvalue weighted by Crippen LogP contribution is -2.60. The molecule has 0 spiro atoms. The monoisotopic (exact) mass is 697 g/mol. The smallest absolute Gasteiger partial charge is 0.408 e. The number of carbonyl (C=O) groups excluding carboxylic acids is 2. The van der Waals surface area contributed by atoms with Gasteiger partial charge in [-0.25, -0.2) is 9.59 Å². The van der Waals surface area contributed by atoms with Crippen molar-refractivity contribution < 1.29 is 19.5 Å². The van der Waals surface area contributed by atoms with E-state index in [1.165, 1.54) is 9.47 Å². The first-order valence-corrected chi connectivity index (χ1v) is 17.5. The summed E-state index contributed by atoms with van der Waals surface area (Å²) in [6, 6.07) is 20.2. The lowest BCUT2D eigenvalue weighted by molar-refractivity contribution is -0.139. The molecular weight excluding hydrogens is 654 g/mol. The van der Waals surface area contributed by atoms with Crippen molar-refractivity contribution in [2.45, 2.75) is 70.5 Å². The highest BCUT2D eigenvalue weighted by atomic mass is 35.5. The average molecular weight is 698 g/mol. The van der Waals surface area contributed by atoms with Gasteiger partial charge in [0, 0.05) is 50.4 Å². The van der Waals surface area contributed by atoms with E-state index in [1.807, 2.05) is 81.4 Å². The molecule has 3 heterocycles. The molecule has 0 aliphatic carbocycles. The molecule has 2 N–H and O–H groups in total. The normalized spacial score (nSPS) is 18.7. The summed E-state index contributed by atoms with van der Waals surface area (Å²) in [5.41, 5.74) is 3.90. The number of aromatic nitrogens is 2. The Labute approximate surface area is 297 Å². The van der Waals surface area contributed by atoms with Crippen molar-refractivity contribution in [2.75, 3.05) is 13.1 Å². The van der Waals surface area contributed by atoms with Crippen LogP contribution in [0, 0.1) is 5.41 Å². The van der Waals surface area contributed by atoms with Crippen LogP contribution in [0.4, 0.5) is 4.79 Å². The Morgan fingerprint density at radius 2 is 1.56 bits per heavy atom. The molecule has 1 aromatic heterocycles. The summed E-state index contributed by atoms with van der Waals surface area (Å²) in [4.78, 5) is 57.2. The maximum absolute atomic E-state index is 14.3. The number of rotatable bonds is 7. The van der Waals surface area contributed by atoms with Gasteiger partial charge in [0.25, 0.3) is 0 Å². The maximum atomic E-state index is 14.3. The summed E-state index contributed by atoms with van der Waals surface area (Å²) in [5.74, 6) is -0.585. The maximum Gasteiger partial charge on any atom is 0.408 e. The van der Waals surface area contributed by atoms with E-state index in [-0.39, 0.29) is 30.4 Å². The molecule has 1 unspecified atom stereocenters. The fourth-order valence-electron chi connectivity index (χ4n) is 7.62. The number of carbonyl (C=O) groups is 3. The number of imidazole rings is 1. The number of carboxylic acid groups (broad SMARTS) is 1. The second kappa shape index (κ2) is 14.2. The van der Waals surface area contributed by atoms with E-state index in [1.54, 1.807) is 41.0 Å². The summed E-state index contributed by atoms with van der Waals surface area (Å²) in [6.07, 6.45) is 4.13. The van der Waals surface area contributed by atoms with Gasteiger partial charge in [-0.15, -0.1) is 0 Å². The van der Waals surface area contributed by atoms with E-state index in [2.05, 4.69) is 5.32 Å². The molecular formula is C39H44ClN5O5. The first-order chi connectivity index (χ1) is 23.8. The number of halogens is 1. The molecule has 6 rings (SSSR count). The zero-order chi connectivity index (χ0) is 35.7. The minimum absolute atomic E-state index is 0.123. The molecule has 0 radical (unpaired) electrons. The number of para-hydroxylation sites is 1. The van der Waals surface area contributed by atoms with E-state index in [4.69, 9.17) is 11.6 Å². The van der Waals surface area contributed by atoms with Gasteiger partial charge in [0.05, 0.1) is 11.7 Å². The van der Waals surface area contributed by atoms with Crippen molar-refractivity contribution >= 4 is 29.5 Å². The Balaban J connectivity index is 1.24. The molecule has 3 atom stereocenters. The van der Waals surface area contributed by atoms with Gasteiger partial charge >= 0.3 is 11.8 Å². The molecule has 4 aromatic rings. The fraction of sp³-hybridized carbons (Fsp3) is 0.385. The van der Waals surface area contributed by atoms with Gasteiger partial charge in [-0.1, -0.05) is 87.0 Å². The number of likely N-dealkylation sites (tertiary alicyclic amines) is 1. The summed E-state index contributed by atoms with van der Waals surface area (Å²) in [7, 11) is 1.72. The molecule has 262 valence electrons. The number of nitrogens with zero attached hydrogens (tertiary/aromatic N) is 4. The number of fused-ring (bicyclic) bond motifs is 1. The van der Waals surface area contributed by atoms with Gasteiger partial charge in [0.2, 0.25) is 11.8 Å². The van der Waals surface area contributed by atoms with Gasteiger partial charge in [-0.3, -0.25) is 19.1 Å². The predicted octanol–water partition coefficient (Wildman–Crippen LogP) is 5.96. The quantitative estimate of drug-likeness (QED) is 0.248. The number of nitrogens with one attached hydrogen (secondary N) is 1. The van der Waals surface area contributed by atoms with Crippen LogP contribution < -0.4 is 11.0 Å². The zero-order valence-corrected chi connectivity index (χ0v) is 29.6. The number of piperidine rings is 1. The molecule has 3 amide bonds. The standard InChI is InChI=1S/C39H44ClN5O5/c1-39(2,3)34-30-11-6-5-9-27(30)24-33(45(34)38(49)50)35(46)41-31(23-25-13-15-28(40)16-14-25)36(47)43-19-17-26(18-20-43)29-10-7-8-12-32(29)44-22-21-42(4)37(44)48/h5-16,21-22,26,31,33-34H,17-20,23-24H2,1-4H3,(H,41,46)(H,49,50)/t31-,33+,34?/m1/s1. The van der Waals surface area contributed by atoms with Gasteiger partial charge < -0.3 is 19.9 Å². The Hall–Kier alpha value is -4.83. The third-order valence-electron chi connectivity index (χ3n) is 10.1. The van der Waals surface area contributed by atoms with Crippen LogP contribution in [0.1, 0.15) is 67.8 Å². The van der Waals surface area contributed by atoms with Crippen molar-refractivity contribution in [2.24, 2.45) is 12.5 Å². The van der Waals surface area contributed by atoms with Crippen molar-refractivity contribution in [3.05, 3.63) is 123 Å². The van der Waals surface area contributed by atoms with E-state index < -0.39 is 35.5 Å². The molecule has 10 nitrogen and oxygen atoms in total. The number of amides is 3. The SMILES string of the molecule is Cn1ccn(-c2ccccc2C2CCN(C(=O)[C@@H](Cc3ccc(Cl)cc3)NC(=O)[C@@H]3Cc4ccccc4C(C(C)(C)C)N3C(=O)O)CC2)c1=O. The van der Waals surface area contributed by atoms with Crippen molar-refractivity contribution in [3.63, 3.8) is 0 Å². The summed E-state index contributed by atoms with van der Waals surface area (Å²) in [6.45, 7) is 6.85. The number of benzene rings is 3. The van der Waals surface area contributed by atoms with Crippen LogP contribution in [0.2, 0.25) is 5.02 Å². The van der Waals surface area contributed by atoms with Crippen LogP contribution >= 0.6 is 11.6 Å². The molecule has 50 heavy (non-hydrogen) atoms. The molecule has 2 aliphatic rings. The Kier molecular flexibility index (Phi) is 9.94. The average Bonchev–Trinajstić information content (AvgIpc) is 3.44. The summed E-state index contributed by atoms with van der Waals surface area (Å²) < 4.78 is 3.19. The second-order valence-corrected chi connectivity index (χ2v) is 14.9. The summed E-state index contributed by atoms with van der Waals surface area (Å²) >= 11 is 6.15. The Bertz CT molecular complexity index is 1940. The Morgan fingerprint density at radius 3 is 2.18 bits per heavy atom. The molecule has 0 saturated carbocycles. The fourth-order valence-corrected chi connectivity index (χ4v) is 7.75. The molecule has 11 heteroatoms. The highest BCUT2D eigenvalue weighted by molar-refractivity contribution is 6.30. The van der Waals surface area contributed by atoms with E-state index in [0.29, 0.717) is 31.0 Å². The topological polar surface area (TPSA) is 117 Å². The molecule has 1 fully saturated rings. The largest absolute Gasteiger partial charge is 0.465 e.